The van der Waals surface area contributed by atoms with E-state index in [-0.39, 0.29) is 0 Å². The standard InChI is InChI=1S/C13H10N2O/c1-9-6-7-13-11(8-9)14-10-4-2-3-5-12(10)15(13)16/h2-8H,1H3. The summed E-state index contributed by atoms with van der Waals surface area (Å²) in [5.41, 5.74) is 3.81. The molecule has 0 unspecified atom stereocenters. The van der Waals surface area contributed by atoms with Gasteiger partial charge < -0.3 is 5.21 Å². The summed E-state index contributed by atoms with van der Waals surface area (Å²) in [6.45, 7) is 1.99. The van der Waals surface area contributed by atoms with E-state index < -0.39 is 0 Å². The molecule has 0 bridgehead atoms. The Kier molecular flexibility index (Phi) is 1.80. The maximum absolute atomic E-state index is 12.1. The highest BCUT2D eigenvalue weighted by Gasteiger charge is 2.10. The molecule has 16 heavy (non-hydrogen) atoms. The monoisotopic (exact) mass is 210 g/mol. The Bertz CT molecular complexity index is 692. The van der Waals surface area contributed by atoms with Gasteiger partial charge in [-0.1, -0.05) is 18.2 Å². The molecule has 0 atom stereocenters. The summed E-state index contributed by atoms with van der Waals surface area (Å²) in [7, 11) is 0. The molecular weight excluding hydrogens is 200 g/mol. The van der Waals surface area contributed by atoms with Gasteiger partial charge in [-0.05, 0) is 24.6 Å². The predicted octanol–water partition coefficient (Wildman–Crippen LogP) is 2.33. The molecule has 0 spiro atoms. The number of aromatic nitrogens is 2. The normalized spacial score (nSPS) is 11.1. The van der Waals surface area contributed by atoms with E-state index in [0.29, 0.717) is 11.0 Å². The van der Waals surface area contributed by atoms with Crippen molar-refractivity contribution in [1.82, 2.24) is 4.98 Å². The van der Waals surface area contributed by atoms with Crippen LogP contribution in [-0.2, 0) is 0 Å². The van der Waals surface area contributed by atoms with Gasteiger partial charge in [-0.3, -0.25) is 0 Å². The van der Waals surface area contributed by atoms with Crippen LogP contribution in [0.5, 0.6) is 0 Å². The third kappa shape index (κ3) is 1.21. The lowest BCUT2D eigenvalue weighted by molar-refractivity contribution is -0.548. The zero-order valence-electron chi connectivity index (χ0n) is 8.84. The van der Waals surface area contributed by atoms with E-state index in [1.165, 1.54) is 0 Å². The van der Waals surface area contributed by atoms with Gasteiger partial charge in [-0.2, -0.15) is 4.73 Å². The molecule has 0 aliphatic heterocycles. The van der Waals surface area contributed by atoms with Gasteiger partial charge in [0.15, 0.2) is 0 Å². The molecule has 0 N–H and O–H groups in total. The number of rotatable bonds is 0. The molecule has 78 valence electrons. The summed E-state index contributed by atoms with van der Waals surface area (Å²) in [6, 6.07) is 13.0. The fraction of sp³-hybridized carbons (Fsp3) is 0.0769. The third-order valence-electron chi connectivity index (χ3n) is 2.69. The number of aryl methyl sites for hydroxylation is 1. The molecule has 3 nitrogen and oxygen atoms in total. The third-order valence-corrected chi connectivity index (χ3v) is 2.69. The van der Waals surface area contributed by atoms with Crippen molar-refractivity contribution in [2.24, 2.45) is 0 Å². The number of fused-ring (bicyclic) bond motifs is 2. The van der Waals surface area contributed by atoms with E-state index >= 15 is 0 Å². The summed E-state index contributed by atoms with van der Waals surface area (Å²) < 4.78 is 0.942. The first-order valence-corrected chi connectivity index (χ1v) is 5.14. The second kappa shape index (κ2) is 3.17. The maximum atomic E-state index is 12.1. The van der Waals surface area contributed by atoms with E-state index in [1.54, 1.807) is 6.07 Å². The van der Waals surface area contributed by atoms with Gasteiger partial charge in [-0.15, -0.1) is 0 Å². The molecule has 2 aromatic carbocycles. The van der Waals surface area contributed by atoms with E-state index in [9.17, 15) is 5.21 Å². The van der Waals surface area contributed by atoms with Crippen LogP contribution in [0.15, 0.2) is 42.5 Å². The van der Waals surface area contributed by atoms with Crippen LogP contribution in [0, 0.1) is 12.1 Å². The van der Waals surface area contributed by atoms with Crippen molar-refractivity contribution in [3.8, 4) is 0 Å². The number of hydrogen-bond donors (Lipinski definition) is 0. The van der Waals surface area contributed by atoms with E-state index in [2.05, 4.69) is 4.98 Å². The molecule has 0 radical (unpaired) electrons. The van der Waals surface area contributed by atoms with Crippen molar-refractivity contribution in [1.29, 1.82) is 0 Å². The summed E-state index contributed by atoms with van der Waals surface area (Å²) in [6.07, 6.45) is 0. The second-order valence-corrected chi connectivity index (χ2v) is 3.89. The van der Waals surface area contributed by atoms with Crippen LogP contribution in [0.3, 0.4) is 0 Å². The minimum absolute atomic E-state index is 0.610. The molecular formula is C13H10N2O. The van der Waals surface area contributed by atoms with Crippen LogP contribution in [0.25, 0.3) is 22.1 Å². The first-order valence-electron chi connectivity index (χ1n) is 5.14. The van der Waals surface area contributed by atoms with Gasteiger partial charge in [0.1, 0.15) is 11.0 Å². The number of para-hydroxylation sites is 2. The molecule has 3 aromatic rings. The van der Waals surface area contributed by atoms with E-state index in [1.807, 2.05) is 43.3 Å². The van der Waals surface area contributed by atoms with Gasteiger partial charge in [-0.25, -0.2) is 4.98 Å². The Hall–Kier alpha value is -2.16. The highest BCUT2D eigenvalue weighted by molar-refractivity contribution is 5.81. The van der Waals surface area contributed by atoms with E-state index in [0.717, 1.165) is 21.3 Å². The minimum atomic E-state index is 0.610. The number of nitrogens with zero attached hydrogens (tertiary/aromatic N) is 2. The average molecular weight is 210 g/mol. The Balaban J connectivity index is 2.55. The van der Waals surface area contributed by atoms with Crippen molar-refractivity contribution in [3.63, 3.8) is 0 Å². The second-order valence-electron chi connectivity index (χ2n) is 3.89. The minimum Gasteiger partial charge on any atom is -0.618 e. The molecule has 0 saturated carbocycles. The Morgan fingerprint density at radius 2 is 1.75 bits per heavy atom. The van der Waals surface area contributed by atoms with Gasteiger partial charge in [0, 0.05) is 12.1 Å². The maximum Gasteiger partial charge on any atom is 0.242 e. The molecule has 1 aromatic heterocycles. The summed E-state index contributed by atoms with van der Waals surface area (Å²) in [5.74, 6) is 0. The summed E-state index contributed by atoms with van der Waals surface area (Å²) >= 11 is 0. The smallest absolute Gasteiger partial charge is 0.242 e. The summed E-state index contributed by atoms with van der Waals surface area (Å²) in [4.78, 5) is 4.48. The fourth-order valence-corrected chi connectivity index (χ4v) is 1.88. The van der Waals surface area contributed by atoms with Crippen molar-refractivity contribution in [2.45, 2.75) is 6.92 Å². The zero-order chi connectivity index (χ0) is 11.1. The number of benzene rings is 2. The van der Waals surface area contributed by atoms with Crippen LogP contribution in [0.1, 0.15) is 5.56 Å². The molecule has 3 rings (SSSR count). The molecule has 0 fully saturated rings. The molecule has 1 heterocycles. The fourth-order valence-electron chi connectivity index (χ4n) is 1.88. The lowest BCUT2D eigenvalue weighted by Gasteiger charge is -2.05. The average Bonchev–Trinajstić information content (AvgIpc) is 2.29. The van der Waals surface area contributed by atoms with Gasteiger partial charge >= 0.3 is 0 Å². The summed E-state index contributed by atoms with van der Waals surface area (Å²) in [5, 5.41) is 12.1. The van der Waals surface area contributed by atoms with Gasteiger partial charge in [0.25, 0.3) is 0 Å². The highest BCUT2D eigenvalue weighted by Crippen LogP contribution is 2.14. The van der Waals surface area contributed by atoms with Crippen molar-refractivity contribution >= 4 is 22.1 Å². The first-order chi connectivity index (χ1) is 7.75. The number of hydrogen-bond acceptors (Lipinski definition) is 2. The highest BCUT2D eigenvalue weighted by atomic mass is 16.5. The Labute approximate surface area is 92.6 Å². The quantitative estimate of drug-likeness (QED) is 0.324. The largest absolute Gasteiger partial charge is 0.618 e. The topological polar surface area (TPSA) is 39.8 Å². The Morgan fingerprint density at radius 3 is 2.62 bits per heavy atom. The van der Waals surface area contributed by atoms with Crippen LogP contribution in [0.4, 0.5) is 0 Å². The van der Waals surface area contributed by atoms with E-state index in [4.69, 9.17) is 0 Å². The van der Waals surface area contributed by atoms with Crippen LogP contribution >= 0.6 is 0 Å². The molecule has 0 saturated heterocycles. The van der Waals surface area contributed by atoms with Crippen molar-refractivity contribution < 1.29 is 4.73 Å². The van der Waals surface area contributed by atoms with Gasteiger partial charge in [0.2, 0.25) is 11.0 Å². The lowest BCUT2D eigenvalue weighted by Crippen LogP contribution is -2.28. The van der Waals surface area contributed by atoms with Crippen LogP contribution in [-0.4, -0.2) is 4.98 Å². The predicted molar refractivity (Wildman–Crippen MR) is 62.9 cm³/mol. The van der Waals surface area contributed by atoms with Gasteiger partial charge in [0.05, 0.1) is 0 Å². The Morgan fingerprint density at radius 1 is 1.00 bits per heavy atom. The molecule has 0 aliphatic rings. The SMILES string of the molecule is Cc1ccc2c(c1)nc1ccccc1[n+]2[O-]. The molecule has 3 heteroatoms. The van der Waals surface area contributed by atoms with Crippen molar-refractivity contribution in [3.05, 3.63) is 53.2 Å². The van der Waals surface area contributed by atoms with Crippen LogP contribution in [0.2, 0.25) is 0 Å². The lowest BCUT2D eigenvalue weighted by atomic mass is 10.2. The zero-order valence-corrected chi connectivity index (χ0v) is 8.84. The molecule has 0 amide bonds. The first kappa shape index (κ1) is 9.09. The van der Waals surface area contributed by atoms with Crippen LogP contribution < -0.4 is 4.73 Å². The molecule has 0 aliphatic carbocycles. The van der Waals surface area contributed by atoms with Crippen molar-refractivity contribution in [2.75, 3.05) is 0 Å².